The quantitative estimate of drug-likeness (QED) is 0.848. The molecule has 0 aliphatic rings. The largest absolute Gasteiger partial charge is 0.408 e. The molecule has 0 aliphatic heterocycles. The molecule has 0 atom stereocenters. The summed E-state index contributed by atoms with van der Waals surface area (Å²) in [5.74, 6) is 0. The normalized spacial score (nSPS) is 11.6. The molecule has 0 aliphatic carbocycles. The van der Waals surface area contributed by atoms with Gasteiger partial charge in [0.2, 0.25) is 0 Å². The highest BCUT2D eigenvalue weighted by Gasteiger charge is 2.29. The number of hydrogen-bond acceptors (Lipinski definition) is 4. The number of halogens is 4. The van der Waals surface area contributed by atoms with Crippen LogP contribution in [0.3, 0.4) is 0 Å². The first kappa shape index (κ1) is 15.5. The minimum absolute atomic E-state index is 0.0198. The monoisotopic (exact) mass is 365 g/mol. The smallest absolute Gasteiger partial charge is 0.382 e. The lowest BCUT2D eigenvalue weighted by Gasteiger charge is -2.11. The lowest BCUT2D eigenvalue weighted by atomic mass is 10.3. The SMILES string of the molecule is O=c1c(Br)c(NCCc2cnc[nH]2)cnn1CC(F)(F)F. The molecule has 0 spiro atoms. The Morgan fingerprint density at radius 3 is 2.76 bits per heavy atom. The van der Waals surface area contributed by atoms with Gasteiger partial charge in [0.25, 0.3) is 5.56 Å². The Hall–Kier alpha value is -1.84. The molecule has 0 aromatic carbocycles. The van der Waals surface area contributed by atoms with Gasteiger partial charge in [0.1, 0.15) is 11.0 Å². The van der Waals surface area contributed by atoms with Gasteiger partial charge in [-0.05, 0) is 15.9 Å². The van der Waals surface area contributed by atoms with Gasteiger partial charge < -0.3 is 10.3 Å². The minimum atomic E-state index is -4.49. The number of hydrogen-bond donors (Lipinski definition) is 2. The third-order valence-electron chi connectivity index (χ3n) is 2.58. The van der Waals surface area contributed by atoms with Crippen molar-refractivity contribution < 1.29 is 13.2 Å². The van der Waals surface area contributed by atoms with Crippen molar-refractivity contribution in [3.63, 3.8) is 0 Å². The Kier molecular flexibility index (Phi) is 4.66. The molecular formula is C11H11BrF3N5O. The lowest BCUT2D eigenvalue weighted by Crippen LogP contribution is -2.31. The van der Waals surface area contributed by atoms with Crippen LogP contribution in [0.2, 0.25) is 0 Å². The van der Waals surface area contributed by atoms with Crippen LogP contribution in [0.15, 0.2) is 28.0 Å². The summed E-state index contributed by atoms with van der Waals surface area (Å²) in [4.78, 5) is 18.5. The summed E-state index contributed by atoms with van der Waals surface area (Å²) >= 11 is 2.99. The van der Waals surface area contributed by atoms with Gasteiger partial charge in [-0.25, -0.2) is 9.67 Å². The number of aromatic amines is 1. The summed E-state index contributed by atoms with van der Waals surface area (Å²) in [6.45, 7) is -0.940. The standard InChI is InChI=1S/C11H11BrF3N5O/c12-9-8(17-2-1-7-3-16-6-18-7)4-19-20(10(9)21)5-11(13,14)15/h3-4,6,17H,1-2,5H2,(H,16,18). The van der Waals surface area contributed by atoms with Crippen molar-refractivity contribution in [2.75, 3.05) is 11.9 Å². The van der Waals surface area contributed by atoms with Crippen molar-refractivity contribution >= 4 is 21.6 Å². The van der Waals surface area contributed by atoms with Crippen LogP contribution in [0.4, 0.5) is 18.9 Å². The van der Waals surface area contributed by atoms with Gasteiger partial charge in [-0.1, -0.05) is 0 Å². The van der Waals surface area contributed by atoms with Gasteiger partial charge in [-0.2, -0.15) is 18.3 Å². The number of nitrogens with zero attached hydrogens (tertiary/aromatic N) is 3. The topological polar surface area (TPSA) is 75.6 Å². The summed E-state index contributed by atoms with van der Waals surface area (Å²) in [5, 5.41) is 6.44. The molecule has 0 saturated heterocycles. The Bertz CT molecular complexity index is 653. The molecule has 0 unspecified atom stereocenters. The summed E-state index contributed by atoms with van der Waals surface area (Å²) in [5.41, 5.74) is 0.411. The zero-order valence-electron chi connectivity index (χ0n) is 10.6. The summed E-state index contributed by atoms with van der Waals surface area (Å²) in [6.07, 6.45) is 0.523. The second kappa shape index (κ2) is 6.29. The molecule has 0 fully saturated rings. The number of nitrogens with one attached hydrogen (secondary N) is 2. The Labute approximate surface area is 125 Å². The highest BCUT2D eigenvalue weighted by Crippen LogP contribution is 2.19. The fraction of sp³-hybridized carbons (Fsp3) is 0.364. The molecule has 114 valence electrons. The highest BCUT2D eigenvalue weighted by atomic mass is 79.9. The van der Waals surface area contributed by atoms with Gasteiger partial charge >= 0.3 is 6.18 Å². The molecule has 21 heavy (non-hydrogen) atoms. The summed E-state index contributed by atoms with van der Waals surface area (Å²) in [7, 11) is 0. The first-order valence-electron chi connectivity index (χ1n) is 5.90. The van der Waals surface area contributed by atoms with Gasteiger partial charge in [0.15, 0.2) is 0 Å². The van der Waals surface area contributed by atoms with E-state index >= 15 is 0 Å². The second-order valence-corrected chi connectivity index (χ2v) is 5.00. The highest BCUT2D eigenvalue weighted by molar-refractivity contribution is 9.10. The molecule has 2 aromatic rings. The number of alkyl halides is 3. The summed E-state index contributed by atoms with van der Waals surface area (Å²) < 4.78 is 37.2. The van der Waals surface area contributed by atoms with Crippen molar-refractivity contribution in [3.8, 4) is 0 Å². The van der Waals surface area contributed by atoms with Gasteiger partial charge in [-0.3, -0.25) is 4.79 Å². The van der Waals surface area contributed by atoms with Gasteiger partial charge in [0, 0.05) is 24.9 Å². The van der Waals surface area contributed by atoms with E-state index in [0.29, 0.717) is 23.3 Å². The van der Waals surface area contributed by atoms with E-state index in [9.17, 15) is 18.0 Å². The van der Waals surface area contributed by atoms with Crippen LogP contribution < -0.4 is 10.9 Å². The molecule has 2 rings (SSSR count). The van der Waals surface area contributed by atoms with Crippen molar-refractivity contribution in [1.82, 2.24) is 19.7 Å². The predicted octanol–water partition coefficient (Wildman–Crippen LogP) is 1.95. The van der Waals surface area contributed by atoms with Crippen LogP contribution in [0.25, 0.3) is 0 Å². The molecule has 0 radical (unpaired) electrons. The average molecular weight is 366 g/mol. The number of imidazole rings is 1. The van der Waals surface area contributed by atoms with E-state index in [1.165, 1.54) is 6.20 Å². The number of anilines is 1. The van der Waals surface area contributed by atoms with Crippen molar-refractivity contribution in [1.29, 1.82) is 0 Å². The molecule has 0 amide bonds. The lowest BCUT2D eigenvalue weighted by molar-refractivity contribution is -0.143. The third kappa shape index (κ3) is 4.31. The minimum Gasteiger partial charge on any atom is -0.382 e. The molecule has 6 nitrogen and oxygen atoms in total. The van der Waals surface area contributed by atoms with Crippen LogP contribution in [0.5, 0.6) is 0 Å². The predicted molar refractivity (Wildman–Crippen MR) is 73.0 cm³/mol. The van der Waals surface area contributed by atoms with Gasteiger partial charge in [-0.15, -0.1) is 0 Å². The molecule has 2 N–H and O–H groups in total. The first-order chi connectivity index (χ1) is 9.87. The van der Waals surface area contributed by atoms with E-state index in [1.807, 2.05) is 0 Å². The van der Waals surface area contributed by atoms with E-state index in [4.69, 9.17) is 0 Å². The van der Waals surface area contributed by atoms with Crippen LogP contribution in [0, 0.1) is 0 Å². The Balaban J connectivity index is 2.04. The van der Waals surface area contributed by atoms with E-state index in [2.05, 4.69) is 36.3 Å². The molecule has 2 aromatic heterocycles. The van der Waals surface area contributed by atoms with E-state index < -0.39 is 18.3 Å². The van der Waals surface area contributed by atoms with E-state index in [-0.39, 0.29) is 4.47 Å². The number of H-pyrrole nitrogens is 1. The molecular weight excluding hydrogens is 355 g/mol. The first-order valence-corrected chi connectivity index (χ1v) is 6.69. The molecule has 0 bridgehead atoms. The maximum absolute atomic E-state index is 12.3. The third-order valence-corrected chi connectivity index (χ3v) is 3.34. The fourth-order valence-electron chi connectivity index (χ4n) is 1.62. The van der Waals surface area contributed by atoms with Crippen molar-refractivity contribution in [2.45, 2.75) is 19.1 Å². The fourth-order valence-corrected chi connectivity index (χ4v) is 2.07. The Morgan fingerprint density at radius 1 is 1.38 bits per heavy atom. The van der Waals surface area contributed by atoms with Crippen molar-refractivity contribution in [3.05, 3.63) is 39.2 Å². The zero-order valence-corrected chi connectivity index (χ0v) is 12.2. The maximum Gasteiger partial charge on any atom is 0.408 e. The van der Waals surface area contributed by atoms with E-state index in [1.54, 1.807) is 12.5 Å². The van der Waals surface area contributed by atoms with Gasteiger partial charge in [0.05, 0.1) is 18.2 Å². The summed E-state index contributed by atoms with van der Waals surface area (Å²) in [6, 6.07) is 0. The van der Waals surface area contributed by atoms with E-state index in [0.717, 1.165) is 5.69 Å². The van der Waals surface area contributed by atoms with Crippen LogP contribution in [-0.2, 0) is 13.0 Å². The Morgan fingerprint density at radius 2 is 2.14 bits per heavy atom. The zero-order chi connectivity index (χ0) is 15.5. The van der Waals surface area contributed by atoms with Crippen molar-refractivity contribution in [2.24, 2.45) is 0 Å². The van der Waals surface area contributed by atoms with Crippen LogP contribution in [-0.4, -0.2) is 32.5 Å². The second-order valence-electron chi connectivity index (χ2n) is 4.20. The molecule has 10 heteroatoms. The molecule has 0 saturated carbocycles. The average Bonchev–Trinajstić information content (AvgIpc) is 2.89. The maximum atomic E-state index is 12.3. The number of aromatic nitrogens is 4. The van der Waals surface area contributed by atoms with Crippen LogP contribution >= 0.6 is 15.9 Å². The number of rotatable bonds is 5. The molecule has 2 heterocycles. The van der Waals surface area contributed by atoms with Crippen LogP contribution in [0.1, 0.15) is 5.69 Å².